The van der Waals surface area contributed by atoms with Crippen molar-refractivity contribution in [1.82, 2.24) is 20.4 Å². The molecule has 178 valence electrons. The standard InChI is InChI=1S/C21H21N5O6S2/c22-7-11-5-13(27)2-1-10(11)6-15(29)23-17-19(30)26-18(21(31)32)12(9-34-20(17)26)8-33-16-4-3-14(28)24-25-16/h1-5,17,20,27H,6-9,22H2,(H,23,29)(H,24,28)(H,31,32)/t17?,20-/m0/s1. The van der Waals surface area contributed by atoms with Gasteiger partial charge in [-0.05, 0) is 34.9 Å². The molecule has 2 aliphatic rings. The van der Waals surface area contributed by atoms with E-state index in [0.29, 0.717) is 27.5 Å². The number of carboxylic acids is 1. The number of rotatable bonds is 8. The number of phenolic OH excluding ortho intramolecular Hbond substituents is 1. The third-order valence-corrected chi connectivity index (χ3v) is 7.69. The van der Waals surface area contributed by atoms with Crippen LogP contribution in [0.1, 0.15) is 11.1 Å². The van der Waals surface area contributed by atoms with Crippen LogP contribution in [-0.4, -0.2) is 71.1 Å². The lowest BCUT2D eigenvalue weighted by Gasteiger charge is -2.49. The fourth-order valence-electron chi connectivity index (χ4n) is 3.72. The smallest absolute Gasteiger partial charge is 0.352 e. The second-order valence-electron chi connectivity index (χ2n) is 7.56. The van der Waals surface area contributed by atoms with E-state index in [4.69, 9.17) is 5.73 Å². The summed E-state index contributed by atoms with van der Waals surface area (Å²) in [5, 5.41) is 38.7. The Labute approximate surface area is 202 Å². The van der Waals surface area contributed by atoms with E-state index in [1.807, 2.05) is 0 Å². The second kappa shape index (κ2) is 9.91. The van der Waals surface area contributed by atoms with Crippen molar-refractivity contribution in [2.75, 3.05) is 11.5 Å². The highest BCUT2D eigenvalue weighted by Crippen LogP contribution is 2.41. The highest BCUT2D eigenvalue weighted by Gasteiger charge is 2.54. The molecule has 1 unspecified atom stereocenters. The Kier molecular flexibility index (Phi) is 6.95. The van der Waals surface area contributed by atoms with Crippen LogP contribution in [0.2, 0.25) is 0 Å². The maximum Gasteiger partial charge on any atom is 0.352 e. The summed E-state index contributed by atoms with van der Waals surface area (Å²) in [5.74, 6) is -1.61. The van der Waals surface area contributed by atoms with Gasteiger partial charge in [0.1, 0.15) is 27.9 Å². The molecular formula is C21H21N5O6S2. The zero-order valence-electron chi connectivity index (χ0n) is 17.7. The molecular weight excluding hydrogens is 482 g/mol. The Morgan fingerprint density at radius 2 is 2.00 bits per heavy atom. The van der Waals surface area contributed by atoms with Crippen LogP contribution < -0.4 is 11.1 Å². The normalized spacial score (nSPS) is 19.4. The molecule has 0 bridgehead atoms. The summed E-state index contributed by atoms with van der Waals surface area (Å²) in [4.78, 5) is 38.6. The zero-order chi connectivity index (χ0) is 24.4. The third-order valence-electron chi connectivity index (χ3n) is 5.35. The molecule has 0 aliphatic carbocycles. The molecule has 2 amide bonds. The number of carbonyl (C=O) groups is 3. The zero-order valence-corrected chi connectivity index (χ0v) is 19.3. The van der Waals surface area contributed by atoms with Crippen LogP contribution in [0.5, 0.6) is 11.6 Å². The first-order valence-electron chi connectivity index (χ1n) is 10.1. The maximum absolute atomic E-state index is 12.8. The molecule has 1 aromatic heterocycles. The van der Waals surface area contributed by atoms with Gasteiger partial charge in [-0.3, -0.25) is 14.5 Å². The predicted octanol–water partition coefficient (Wildman–Crippen LogP) is 0.420. The summed E-state index contributed by atoms with van der Waals surface area (Å²) in [6.45, 7) is 0.148. The number of carboxylic acid groups (broad SMARTS) is 1. The van der Waals surface area contributed by atoms with Gasteiger partial charge in [0.25, 0.3) is 5.91 Å². The number of aromatic hydroxyl groups is 2. The minimum absolute atomic E-state index is 0.0227. The van der Waals surface area contributed by atoms with Crippen LogP contribution >= 0.6 is 23.5 Å². The van der Waals surface area contributed by atoms with Gasteiger partial charge in [-0.1, -0.05) is 6.07 Å². The average Bonchev–Trinajstić information content (AvgIpc) is 2.82. The van der Waals surface area contributed by atoms with Crippen LogP contribution in [0.25, 0.3) is 0 Å². The average molecular weight is 504 g/mol. The van der Waals surface area contributed by atoms with E-state index in [1.165, 1.54) is 46.6 Å². The molecule has 0 saturated carbocycles. The first kappa shape index (κ1) is 23.9. The van der Waals surface area contributed by atoms with Crippen molar-refractivity contribution in [3.8, 4) is 11.6 Å². The van der Waals surface area contributed by atoms with Crippen LogP contribution in [-0.2, 0) is 27.3 Å². The third kappa shape index (κ3) is 4.81. The summed E-state index contributed by atoms with van der Waals surface area (Å²) >= 11 is 2.62. The van der Waals surface area contributed by atoms with Crippen molar-refractivity contribution >= 4 is 41.3 Å². The molecule has 6 N–H and O–H groups in total. The van der Waals surface area contributed by atoms with Crippen LogP contribution in [0.15, 0.2) is 46.6 Å². The Bertz CT molecular complexity index is 1170. The van der Waals surface area contributed by atoms with Gasteiger partial charge in [0.15, 0.2) is 0 Å². The number of aromatic nitrogens is 2. The fraction of sp³-hybridized carbons (Fsp3) is 0.286. The number of carbonyl (C=O) groups excluding carboxylic acids is 2. The number of nitrogens with zero attached hydrogens (tertiary/aromatic N) is 3. The lowest BCUT2D eigenvalue weighted by molar-refractivity contribution is -0.150. The fourth-order valence-corrected chi connectivity index (χ4v) is 6.02. The number of benzene rings is 1. The van der Waals surface area contributed by atoms with Gasteiger partial charge in [-0.25, -0.2) is 4.79 Å². The summed E-state index contributed by atoms with van der Waals surface area (Å²) in [6, 6.07) is 6.67. The van der Waals surface area contributed by atoms with Crippen LogP contribution in [0.3, 0.4) is 0 Å². The first-order chi connectivity index (χ1) is 16.3. The Balaban J connectivity index is 1.43. The largest absolute Gasteiger partial charge is 0.508 e. The number of nitrogens with two attached hydrogens (primary N) is 1. The summed E-state index contributed by atoms with van der Waals surface area (Å²) in [6.07, 6.45) is -0.0227. The number of phenols is 1. The molecule has 3 heterocycles. The van der Waals surface area contributed by atoms with Gasteiger partial charge in [-0.2, -0.15) is 0 Å². The van der Waals surface area contributed by atoms with Crippen molar-refractivity contribution in [1.29, 1.82) is 0 Å². The molecule has 34 heavy (non-hydrogen) atoms. The van der Waals surface area contributed by atoms with Gasteiger partial charge >= 0.3 is 5.97 Å². The second-order valence-corrected chi connectivity index (χ2v) is 9.67. The van der Waals surface area contributed by atoms with E-state index < -0.39 is 29.2 Å². The van der Waals surface area contributed by atoms with Crippen molar-refractivity contribution in [3.05, 3.63) is 52.7 Å². The summed E-state index contributed by atoms with van der Waals surface area (Å²) in [5.41, 5.74) is 7.42. The van der Waals surface area contributed by atoms with Crippen molar-refractivity contribution in [3.63, 3.8) is 0 Å². The van der Waals surface area contributed by atoms with E-state index in [1.54, 1.807) is 12.1 Å². The molecule has 2 aromatic rings. The molecule has 11 nitrogen and oxygen atoms in total. The molecule has 2 aliphatic heterocycles. The monoisotopic (exact) mass is 503 g/mol. The molecule has 2 atom stereocenters. The lowest BCUT2D eigenvalue weighted by Crippen LogP contribution is -2.70. The number of β-lactam (4-membered cyclic amide) rings is 1. The number of fused-ring (bicyclic) bond motifs is 1. The molecule has 0 radical (unpaired) electrons. The predicted molar refractivity (Wildman–Crippen MR) is 124 cm³/mol. The number of aliphatic carboxylic acids is 1. The summed E-state index contributed by atoms with van der Waals surface area (Å²) < 4.78 is 0. The molecule has 13 heteroatoms. The van der Waals surface area contributed by atoms with Gasteiger partial charge in [-0.15, -0.1) is 33.7 Å². The van der Waals surface area contributed by atoms with Gasteiger partial charge in [0.05, 0.1) is 6.42 Å². The lowest BCUT2D eigenvalue weighted by atomic mass is 10.0. The van der Waals surface area contributed by atoms with Crippen molar-refractivity contribution < 1.29 is 29.7 Å². The minimum atomic E-state index is -1.22. The number of thioether (sulfide) groups is 2. The van der Waals surface area contributed by atoms with E-state index in [-0.39, 0.29) is 36.0 Å². The maximum atomic E-state index is 12.8. The van der Waals surface area contributed by atoms with E-state index >= 15 is 0 Å². The van der Waals surface area contributed by atoms with Crippen LogP contribution in [0.4, 0.5) is 0 Å². The Morgan fingerprint density at radius 3 is 2.68 bits per heavy atom. The number of amides is 2. The Hall–Kier alpha value is -3.29. The van der Waals surface area contributed by atoms with Crippen molar-refractivity contribution in [2.24, 2.45) is 5.73 Å². The quantitative estimate of drug-likeness (QED) is 0.249. The molecule has 1 fully saturated rings. The van der Waals surface area contributed by atoms with Gasteiger partial charge in [0, 0.05) is 24.1 Å². The number of nitrogens with one attached hydrogen (secondary N) is 1. The van der Waals surface area contributed by atoms with E-state index in [2.05, 4.69) is 15.5 Å². The van der Waals surface area contributed by atoms with Crippen LogP contribution in [0, 0.1) is 0 Å². The highest BCUT2D eigenvalue weighted by atomic mass is 32.2. The first-order valence-corrected chi connectivity index (χ1v) is 12.2. The van der Waals surface area contributed by atoms with E-state index in [9.17, 15) is 29.7 Å². The molecule has 1 aromatic carbocycles. The number of hydrogen-bond acceptors (Lipinski definition) is 10. The summed E-state index contributed by atoms with van der Waals surface area (Å²) in [7, 11) is 0. The molecule has 4 rings (SSSR count). The van der Waals surface area contributed by atoms with Gasteiger partial charge < -0.3 is 26.4 Å². The SMILES string of the molecule is NCc1cc(O)ccc1CC(=O)NC1C(=O)N2C(C(=O)O)=C(CSc3ccc(O)nn3)CS[C@@H]12. The number of hydrogen-bond donors (Lipinski definition) is 5. The van der Waals surface area contributed by atoms with Gasteiger partial charge in [0.2, 0.25) is 11.8 Å². The highest BCUT2D eigenvalue weighted by molar-refractivity contribution is 8.01. The Morgan fingerprint density at radius 1 is 1.21 bits per heavy atom. The molecule has 0 spiro atoms. The van der Waals surface area contributed by atoms with Crippen molar-refractivity contribution in [2.45, 2.75) is 29.4 Å². The van der Waals surface area contributed by atoms with E-state index in [0.717, 1.165) is 0 Å². The minimum Gasteiger partial charge on any atom is -0.508 e. The molecule has 1 saturated heterocycles. The topological polar surface area (TPSA) is 179 Å².